The highest BCUT2D eigenvalue weighted by molar-refractivity contribution is 5.80. The number of hydrogen-bond acceptors (Lipinski definition) is 5. The number of methoxy groups -OCH3 is 1. The van der Waals surface area contributed by atoms with Gasteiger partial charge in [0.15, 0.2) is 5.96 Å². The first-order valence-corrected chi connectivity index (χ1v) is 12.2. The lowest BCUT2D eigenvalue weighted by atomic mass is 10.1. The van der Waals surface area contributed by atoms with Crippen LogP contribution >= 0.6 is 0 Å². The molecule has 1 aliphatic heterocycles. The van der Waals surface area contributed by atoms with E-state index in [1.54, 1.807) is 7.11 Å². The summed E-state index contributed by atoms with van der Waals surface area (Å²) < 4.78 is 17.4. The van der Waals surface area contributed by atoms with E-state index in [4.69, 9.17) is 14.2 Å². The van der Waals surface area contributed by atoms with E-state index in [0.717, 1.165) is 74.9 Å². The predicted octanol–water partition coefficient (Wildman–Crippen LogP) is 3.57. The highest BCUT2D eigenvalue weighted by Gasteiger charge is 2.21. The molecule has 2 N–H and O–H groups in total. The highest BCUT2D eigenvalue weighted by Crippen LogP contribution is 2.30. The maximum absolute atomic E-state index is 6.33. The third-order valence-electron chi connectivity index (χ3n) is 6.33. The molecule has 0 radical (unpaired) electrons. The van der Waals surface area contributed by atoms with Crippen molar-refractivity contribution in [1.29, 1.82) is 0 Å². The molecule has 2 fully saturated rings. The largest absolute Gasteiger partial charge is 0.497 e. The van der Waals surface area contributed by atoms with Gasteiger partial charge in [0, 0.05) is 50.9 Å². The Balaban J connectivity index is 1.47. The van der Waals surface area contributed by atoms with E-state index in [1.165, 1.54) is 12.8 Å². The second kappa shape index (κ2) is 12.9. The molecule has 0 unspecified atom stereocenters. The minimum Gasteiger partial charge on any atom is -0.497 e. The topological polar surface area (TPSA) is 67.4 Å². The molecule has 180 valence electrons. The molecular formula is C25H42N4O3. The molecule has 0 aromatic heterocycles. The van der Waals surface area contributed by atoms with Gasteiger partial charge in [-0.3, -0.25) is 4.99 Å². The lowest BCUT2D eigenvalue weighted by Crippen LogP contribution is -2.49. The van der Waals surface area contributed by atoms with Crippen molar-refractivity contribution < 1.29 is 14.2 Å². The van der Waals surface area contributed by atoms with Crippen LogP contribution < -0.4 is 20.1 Å². The van der Waals surface area contributed by atoms with Gasteiger partial charge >= 0.3 is 0 Å². The van der Waals surface area contributed by atoms with Gasteiger partial charge in [-0.1, -0.05) is 0 Å². The number of nitrogens with one attached hydrogen (secondary N) is 2. The fourth-order valence-corrected chi connectivity index (χ4v) is 4.39. The number of hydrogen-bond donors (Lipinski definition) is 2. The molecule has 1 heterocycles. The van der Waals surface area contributed by atoms with Crippen LogP contribution in [0.2, 0.25) is 0 Å². The summed E-state index contributed by atoms with van der Waals surface area (Å²) in [5.74, 6) is 2.58. The summed E-state index contributed by atoms with van der Waals surface area (Å²) in [6.07, 6.45) is 7.62. The molecule has 3 rings (SSSR count). The number of piperidine rings is 1. The van der Waals surface area contributed by atoms with Crippen molar-refractivity contribution in [2.24, 2.45) is 4.99 Å². The van der Waals surface area contributed by atoms with Crippen molar-refractivity contribution in [2.75, 3.05) is 40.4 Å². The van der Waals surface area contributed by atoms with Crippen molar-refractivity contribution in [1.82, 2.24) is 15.5 Å². The summed E-state index contributed by atoms with van der Waals surface area (Å²) in [5, 5.41) is 7.08. The van der Waals surface area contributed by atoms with Crippen molar-refractivity contribution >= 4 is 5.96 Å². The van der Waals surface area contributed by atoms with Crippen LogP contribution in [0.4, 0.5) is 0 Å². The lowest BCUT2D eigenvalue weighted by Gasteiger charge is -2.33. The van der Waals surface area contributed by atoms with Gasteiger partial charge in [0.2, 0.25) is 0 Å². The van der Waals surface area contributed by atoms with Gasteiger partial charge < -0.3 is 29.7 Å². The van der Waals surface area contributed by atoms with Crippen LogP contribution in [-0.4, -0.2) is 69.5 Å². The minimum absolute atomic E-state index is 0.304. The van der Waals surface area contributed by atoms with E-state index in [2.05, 4.69) is 40.4 Å². The Bertz CT molecular complexity index is 711. The monoisotopic (exact) mass is 446 g/mol. The van der Waals surface area contributed by atoms with Crippen LogP contribution in [-0.2, 0) is 11.3 Å². The van der Waals surface area contributed by atoms with E-state index < -0.39 is 0 Å². The van der Waals surface area contributed by atoms with Gasteiger partial charge in [-0.05, 0) is 64.5 Å². The van der Waals surface area contributed by atoms with Crippen molar-refractivity contribution in [3.8, 4) is 11.5 Å². The number of nitrogens with zero attached hydrogens (tertiary/aromatic N) is 2. The molecular weight excluding hydrogens is 404 g/mol. The van der Waals surface area contributed by atoms with Gasteiger partial charge in [0.25, 0.3) is 0 Å². The molecule has 1 aliphatic carbocycles. The average Bonchev–Trinajstić information content (AvgIpc) is 3.31. The molecule has 1 aromatic rings. The average molecular weight is 447 g/mol. The molecule has 0 spiro atoms. The van der Waals surface area contributed by atoms with Crippen molar-refractivity contribution in [3.05, 3.63) is 23.8 Å². The third-order valence-corrected chi connectivity index (χ3v) is 6.33. The molecule has 1 saturated carbocycles. The highest BCUT2D eigenvalue weighted by atomic mass is 16.5. The first-order chi connectivity index (χ1) is 15.6. The van der Waals surface area contributed by atoms with Gasteiger partial charge in [0.1, 0.15) is 11.5 Å². The Morgan fingerprint density at radius 3 is 2.56 bits per heavy atom. The van der Waals surface area contributed by atoms with Gasteiger partial charge in [-0.25, -0.2) is 0 Å². The van der Waals surface area contributed by atoms with Crippen molar-refractivity contribution in [3.63, 3.8) is 0 Å². The Hall–Kier alpha value is -1.99. The standard InChI is InChI=1S/C25H42N4O3/c1-19(2)31-16-15-29-13-11-21(12-14-29)28-25(26-3)27-18-20-9-10-23(30-4)17-24(20)32-22-7-5-6-8-22/h9-10,17,19,21-22H,5-8,11-16,18H2,1-4H3,(H2,26,27,28). The zero-order valence-electron chi connectivity index (χ0n) is 20.4. The molecule has 0 atom stereocenters. The molecule has 32 heavy (non-hydrogen) atoms. The summed E-state index contributed by atoms with van der Waals surface area (Å²) in [6, 6.07) is 6.52. The summed E-state index contributed by atoms with van der Waals surface area (Å²) in [4.78, 5) is 6.93. The molecule has 7 heteroatoms. The van der Waals surface area contributed by atoms with E-state index in [-0.39, 0.29) is 0 Å². The van der Waals surface area contributed by atoms with Crippen LogP contribution in [0.1, 0.15) is 57.9 Å². The summed E-state index contributed by atoms with van der Waals surface area (Å²) >= 11 is 0. The lowest BCUT2D eigenvalue weighted by molar-refractivity contribution is 0.0532. The summed E-state index contributed by atoms with van der Waals surface area (Å²) in [5.41, 5.74) is 1.13. The number of aliphatic imine (C=N–C) groups is 1. The first kappa shape index (κ1) is 24.6. The molecule has 1 aromatic carbocycles. The van der Waals surface area contributed by atoms with Crippen LogP contribution in [0, 0.1) is 0 Å². The minimum atomic E-state index is 0.304. The normalized spacial score (nSPS) is 18.8. The third kappa shape index (κ3) is 7.85. The summed E-state index contributed by atoms with van der Waals surface area (Å²) in [7, 11) is 3.53. The smallest absolute Gasteiger partial charge is 0.191 e. The number of benzene rings is 1. The molecule has 7 nitrogen and oxygen atoms in total. The Kier molecular flexibility index (Phi) is 9.93. The second-order valence-electron chi connectivity index (χ2n) is 9.10. The maximum Gasteiger partial charge on any atom is 0.191 e. The molecule has 1 saturated heterocycles. The van der Waals surface area contributed by atoms with Gasteiger partial charge in [-0.15, -0.1) is 0 Å². The quantitative estimate of drug-likeness (QED) is 0.423. The molecule has 0 bridgehead atoms. The summed E-state index contributed by atoms with van der Waals surface area (Å²) in [6.45, 7) is 8.85. The van der Waals surface area contributed by atoms with Crippen LogP contribution in [0.25, 0.3) is 0 Å². The zero-order chi connectivity index (χ0) is 22.8. The van der Waals surface area contributed by atoms with Crippen LogP contribution in [0.3, 0.4) is 0 Å². The second-order valence-corrected chi connectivity index (χ2v) is 9.10. The fourth-order valence-electron chi connectivity index (χ4n) is 4.39. The number of guanidine groups is 1. The van der Waals surface area contributed by atoms with Crippen LogP contribution in [0.15, 0.2) is 23.2 Å². The van der Waals surface area contributed by atoms with E-state index in [0.29, 0.717) is 24.8 Å². The SMILES string of the molecule is CN=C(NCc1ccc(OC)cc1OC1CCCC1)NC1CCN(CCOC(C)C)CC1. The van der Waals surface area contributed by atoms with Crippen molar-refractivity contribution in [2.45, 2.75) is 77.2 Å². The predicted molar refractivity (Wildman–Crippen MR) is 130 cm³/mol. The number of ether oxygens (including phenoxy) is 3. The zero-order valence-corrected chi connectivity index (χ0v) is 20.4. The molecule has 0 amide bonds. The van der Waals surface area contributed by atoms with E-state index in [9.17, 15) is 0 Å². The maximum atomic E-state index is 6.33. The van der Waals surface area contributed by atoms with Gasteiger partial charge in [0.05, 0.1) is 25.9 Å². The van der Waals surface area contributed by atoms with E-state index >= 15 is 0 Å². The Morgan fingerprint density at radius 1 is 1.16 bits per heavy atom. The van der Waals surface area contributed by atoms with E-state index in [1.807, 2.05) is 19.2 Å². The Labute approximate surface area is 193 Å². The Morgan fingerprint density at radius 2 is 1.91 bits per heavy atom. The first-order valence-electron chi connectivity index (χ1n) is 12.2. The fraction of sp³-hybridized carbons (Fsp3) is 0.720. The number of rotatable bonds is 10. The molecule has 2 aliphatic rings. The number of likely N-dealkylation sites (tertiary alicyclic amines) is 1. The van der Waals surface area contributed by atoms with Crippen LogP contribution in [0.5, 0.6) is 11.5 Å². The van der Waals surface area contributed by atoms with Gasteiger partial charge in [-0.2, -0.15) is 0 Å².